The first-order valence-corrected chi connectivity index (χ1v) is 8.90. The monoisotopic (exact) mass is 359 g/mol. The number of aromatic nitrogens is 2. The molecule has 24 heavy (non-hydrogen) atoms. The van der Waals surface area contributed by atoms with Gasteiger partial charge in [0.05, 0.1) is 22.8 Å². The number of benzene rings is 2. The summed E-state index contributed by atoms with van der Waals surface area (Å²) < 4.78 is 2.01. The minimum atomic E-state index is -0.194. The van der Waals surface area contributed by atoms with E-state index in [2.05, 4.69) is 10.3 Å². The molecule has 1 heterocycles. The summed E-state index contributed by atoms with van der Waals surface area (Å²) in [5, 5.41) is 3.46. The van der Waals surface area contributed by atoms with Crippen LogP contribution in [-0.4, -0.2) is 20.7 Å². The molecule has 1 aromatic heterocycles. The maximum atomic E-state index is 12.3. The Balaban J connectivity index is 1.61. The highest BCUT2D eigenvalue weighted by Crippen LogP contribution is 2.24. The van der Waals surface area contributed by atoms with Crippen molar-refractivity contribution in [2.24, 2.45) is 7.05 Å². The van der Waals surface area contributed by atoms with Crippen molar-refractivity contribution in [1.82, 2.24) is 14.9 Å². The molecule has 1 N–H and O–H groups in total. The van der Waals surface area contributed by atoms with Crippen LogP contribution in [0.15, 0.2) is 53.4 Å². The van der Waals surface area contributed by atoms with Gasteiger partial charge in [0.2, 0.25) is 5.91 Å². The van der Waals surface area contributed by atoms with E-state index in [1.54, 1.807) is 0 Å². The van der Waals surface area contributed by atoms with Gasteiger partial charge < -0.3 is 9.88 Å². The number of rotatable bonds is 5. The summed E-state index contributed by atoms with van der Waals surface area (Å²) in [5.41, 5.74) is 2.00. The lowest BCUT2D eigenvalue weighted by molar-refractivity contribution is -0.120. The first-order chi connectivity index (χ1) is 11.5. The molecule has 6 heteroatoms. The molecule has 0 aliphatic rings. The summed E-state index contributed by atoms with van der Waals surface area (Å²) in [4.78, 5) is 17.9. The van der Waals surface area contributed by atoms with E-state index in [4.69, 9.17) is 11.6 Å². The van der Waals surface area contributed by atoms with Gasteiger partial charge in [-0.15, -0.1) is 11.8 Å². The molecule has 4 nitrogen and oxygen atoms in total. The van der Waals surface area contributed by atoms with Gasteiger partial charge in [0.15, 0.2) is 0 Å². The summed E-state index contributed by atoms with van der Waals surface area (Å²) in [6.07, 6.45) is 0. The highest BCUT2D eigenvalue weighted by atomic mass is 35.5. The number of nitrogens with one attached hydrogen (secondary N) is 1. The number of carbonyl (C=O) groups excluding carboxylic acids is 1. The number of hydrogen-bond acceptors (Lipinski definition) is 3. The van der Waals surface area contributed by atoms with Crippen LogP contribution in [0.4, 0.5) is 0 Å². The molecule has 0 fully saturated rings. The number of amides is 1. The van der Waals surface area contributed by atoms with Gasteiger partial charge in [0.1, 0.15) is 5.82 Å². The van der Waals surface area contributed by atoms with Crippen LogP contribution in [0.25, 0.3) is 11.0 Å². The first-order valence-electron chi connectivity index (χ1n) is 7.65. The van der Waals surface area contributed by atoms with Gasteiger partial charge >= 0.3 is 0 Å². The van der Waals surface area contributed by atoms with Crippen molar-refractivity contribution < 1.29 is 4.79 Å². The normalized spacial score (nSPS) is 12.3. The second-order valence-corrected chi connectivity index (χ2v) is 7.36. The van der Waals surface area contributed by atoms with Crippen LogP contribution in [0, 0.1) is 0 Å². The lowest BCUT2D eigenvalue weighted by Gasteiger charge is -2.12. The summed E-state index contributed by atoms with van der Waals surface area (Å²) in [6, 6.07) is 15.4. The van der Waals surface area contributed by atoms with Crippen molar-refractivity contribution in [3.8, 4) is 0 Å². The lowest BCUT2D eigenvalue weighted by atomic mass is 10.3. The predicted octanol–water partition coefficient (Wildman–Crippen LogP) is 4.02. The largest absolute Gasteiger partial charge is 0.348 e. The van der Waals surface area contributed by atoms with Crippen molar-refractivity contribution in [3.05, 3.63) is 59.4 Å². The molecule has 1 amide bonds. The van der Waals surface area contributed by atoms with Gasteiger partial charge in [-0.3, -0.25) is 4.79 Å². The van der Waals surface area contributed by atoms with Crippen molar-refractivity contribution >= 4 is 40.3 Å². The van der Waals surface area contributed by atoms with Crippen LogP contribution in [0.5, 0.6) is 0 Å². The Bertz CT molecular complexity index is 860. The Hall–Kier alpha value is -1.98. The zero-order valence-electron chi connectivity index (χ0n) is 13.5. The van der Waals surface area contributed by atoms with Crippen LogP contribution in [0.1, 0.15) is 12.7 Å². The molecule has 0 aliphatic carbocycles. The van der Waals surface area contributed by atoms with Gasteiger partial charge in [0, 0.05) is 17.0 Å². The molecule has 0 spiro atoms. The summed E-state index contributed by atoms with van der Waals surface area (Å²) in [7, 11) is 1.96. The van der Waals surface area contributed by atoms with E-state index in [0.29, 0.717) is 11.6 Å². The van der Waals surface area contributed by atoms with Crippen molar-refractivity contribution in [1.29, 1.82) is 0 Å². The fourth-order valence-corrected chi connectivity index (χ4v) is 3.45. The van der Waals surface area contributed by atoms with Crippen LogP contribution < -0.4 is 5.32 Å². The summed E-state index contributed by atoms with van der Waals surface area (Å²) >= 11 is 7.39. The van der Waals surface area contributed by atoms with Gasteiger partial charge in [0.25, 0.3) is 0 Å². The topological polar surface area (TPSA) is 46.9 Å². The van der Waals surface area contributed by atoms with Crippen LogP contribution in [0.3, 0.4) is 0 Å². The van der Waals surface area contributed by atoms with Crippen LogP contribution in [-0.2, 0) is 18.4 Å². The number of halogens is 1. The smallest absolute Gasteiger partial charge is 0.233 e. The van der Waals surface area contributed by atoms with Crippen molar-refractivity contribution in [2.45, 2.75) is 23.6 Å². The first kappa shape index (κ1) is 16.9. The minimum Gasteiger partial charge on any atom is -0.348 e. The molecule has 0 saturated carbocycles. The molecule has 1 atom stereocenters. The molecule has 3 rings (SSSR count). The van der Waals surface area contributed by atoms with E-state index in [-0.39, 0.29) is 11.2 Å². The number of nitrogens with zero attached hydrogens (tertiary/aromatic N) is 2. The molecule has 0 bridgehead atoms. The second kappa shape index (κ2) is 7.28. The molecule has 2 aromatic carbocycles. The molecular weight excluding hydrogens is 342 g/mol. The van der Waals surface area contributed by atoms with Crippen molar-refractivity contribution in [2.75, 3.05) is 0 Å². The van der Waals surface area contributed by atoms with E-state index < -0.39 is 0 Å². The van der Waals surface area contributed by atoms with E-state index in [1.165, 1.54) is 11.8 Å². The average Bonchev–Trinajstić information content (AvgIpc) is 2.91. The van der Waals surface area contributed by atoms with E-state index in [0.717, 1.165) is 21.8 Å². The Labute approximate surface area is 150 Å². The molecule has 124 valence electrons. The van der Waals surface area contributed by atoms with E-state index in [9.17, 15) is 4.79 Å². The molecule has 0 saturated heterocycles. The number of fused-ring (bicyclic) bond motifs is 1. The predicted molar refractivity (Wildman–Crippen MR) is 99.3 cm³/mol. The summed E-state index contributed by atoms with van der Waals surface area (Å²) in [6.45, 7) is 2.30. The zero-order valence-corrected chi connectivity index (χ0v) is 15.1. The lowest BCUT2D eigenvalue weighted by Crippen LogP contribution is -2.31. The second-order valence-electron chi connectivity index (χ2n) is 5.51. The van der Waals surface area contributed by atoms with E-state index >= 15 is 0 Å². The van der Waals surface area contributed by atoms with Gasteiger partial charge in [-0.2, -0.15) is 0 Å². The molecule has 1 unspecified atom stereocenters. The van der Waals surface area contributed by atoms with Gasteiger partial charge in [-0.25, -0.2) is 4.98 Å². The highest BCUT2D eigenvalue weighted by molar-refractivity contribution is 8.00. The maximum Gasteiger partial charge on any atom is 0.233 e. The molecule has 0 aliphatic heterocycles. The standard InChI is InChI=1S/C18H18ClN3OS/c1-12(24-14-9-7-13(19)8-10-14)18(23)20-11-17-21-15-5-3-4-6-16(15)22(17)2/h3-10,12H,11H2,1-2H3,(H,20,23). The molecule has 3 aromatic rings. The van der Waals surface area contributed by atoms with Gasteiger partial charge in [-0.05, 0) is 43.3 Å². The highest BCUT2D eigenvalue weighted by Gasteiger charge is 2.15. The third kappa shape index (κ3) is 3.74. The van der Waals surface area contributed by atoms with E-state index in [1.807, 2.05) is 67.1 Å². The number of aryl methyl sites for hydroxylation is 1. The van der Waals surface area contributed by atoms with Gasteiger partial charge in [-0.1, -0.05) is 23.7 Å². The van der Waals surface area contributed by atoms with Crippen molar-refractivity contribution in [3.63, 3.8) is 0 Å². The number of carbonyl (C=O) groups is 1. The summed E-state index contributed by atoms with van der Waals surface area (Å²) in [5.74, 6) is 0.829. The number of hydrogen-bond donors (Lipinski definition) is 1. The Morgan fingerprint density at radius 2 is 1.96 bits per heavy atom. The zero-order chi connectivity index (χ0) is 17.1. The number of thioether (sulfide) groups is 1. The Kier molecular flexibility index (Phi) is 5.11. The minimum absolute atomic E-state index is 0.0120. The van der Waals surface area contributed by atoms with Crippen LogP contribution in [0.2, 0.25) is 5.02 Å². The number of imidazole rings is 1. The third-order valence-corrected chi connectivity index (χ3v) is 5.16. The fraction of sp³-hybridized carbons (Fsp3) is 0.222. The molecular formula is C18H18ClN3OS. The average molecular weight is 360 g/mol. The fourth-order valence-electron chi connectivity index (χ4n) is 2.43. The van der Waals surface area contributed by atoms with Crippen LogP contribution >= 0.6 is 23.4 Å². The Morgan fingerprint density at radius 3 is 2.67 bits per heavy atom. The third-order valence-electron chi connectivity index (χ3n) is 3.80. The maximum absolute atomic E-state index is 12.3. The Morgan fingerprint density at radius 1 is 1.25 bits per heavy atom. The molecule has 0 radical (unpaired) electrons. The number of para-hydroxylation sites is 2. The quantitative estimate of drug-likeness (QED) is 0.700. The SMILES string of the molecule is CC(Sc1ccc(Cl)cc1)C(=O)NCc1nc2ccccc2n1C.